The van der Waals surface area contributed by atoms with Crippen molar-refractivity contribution in [1.29, 1.82) is 0 Å². The Bertz CT molecular complexity index is 404. The molecule has 1 saturated heterocycles. The van der Waals surface area contributed by atoms with Gasteiger partial charge in [-0.3, -0.25) is 9.59 Å². The second kappa shape index (κ2) is 8.95. The van der Waals surface area contributed by atoms with Gasteiger partial charge >= 0.3 is 0 Å². The van der Waals surface area contributed by atoms with Crippen LogP contribution in [0.15, 0.2) is 0 Å². The van der Waals surface area contributed by atoms with Crippen LogP contribution in [0.1, 0.15) is 59.3 Å². The predicted molar refractivity (Wildman–Crippen MR) is 96.5 cm³/mol. The van der Waals surface area contributed by atoms with Crippen LogP contribution in [0, 0.1) is 11.8 Å². The van der Waals surface area contributed by atoms with E-state index in [0.29, 0.717) is 11.3 Å². The van der Waals surface area contributed by atoms with E-state index in [-0.39, 0.29) is 23.7 Å². The molecule has 0 spiro atoms. The molecule has 2 atom stereocenters. The highest BCUT2D eigenvalue weighted by Crippen LogP contribution is 2.29. The minimum absolute atomic E-state index is 0.0515. The molecule has 1 saturated carbocycles. The lowest BCUT2D eigenvalue weighted by molar-refractivity contribution is -0.138. The first-order chi connectivity index (χ1) is 11.0. The summed E-state index contributed by atoms with van der Waals surface area (Å²) in [5.74, 6) is 1.73. The van der Waals surface area contributed by atoms with Gasteiger partial charge in [0, 0.05) is 36.2 Å². The molecule has 0 unspecified atom stereocenters. The van der Waals surface area contributed by atoms with Gasteiger partial charge in [0.05, 0.1) is 0 Å². The quantitative estimate of drug-likeness (QED) is 0.837. The van der Waals surface area contributed by atoms with E-state index in [1.165, 1.54) is 12.8 Å². The Labute approximate surface area is 145 Å². The van der Waals surface area contributed by atoms with Gasteiger partial charge in [0.15, 0.2) is 0 Å². The number of nitrogens with one attached hydrogen (secondary N) is 1. The van der Waals surface area contributed by atoms with Crippen LogP contribution in [-0.2, 0) is 9.59 Å². The number of carbonyl (C=O) groups is 2. The predicted octanol–water partition coefficient (Wildman–Crippen LogP) is 3.06. The molecule has 0 radical (unpaired) electrons. The highest BCUT2D eigenvalue weighted by atomic mass is 32.2. The second-order valence-corrected chi connectivity index (χ2v) is 8.78. The third kappa shape index (κ3) is 5.40. The zero-order chi connectivity index (χ0) is 16.8. The van der Waals surface area contributed by atoms with Crippen molar-refractivity contribution < 1.29 is 9.59 Å². The summed E-state index contributed by atoms with van der Waals surface area (Å²) < 4.78 is 0. The molecule has 5 heteroatoms. The smallest absolute Gasteiger partial charge is 0.225 e. The highest BCUT2D eigenvalue weighted by Gasteiger charge is 2.30. The fourth-order valence-electron chi connectivity index (χ4n) is 3.71. The summed E-state index contributed by atoms with van der Waals surface area (Å²) in [6.45, 7) is 7.55. The van der Waals surface area contributed by atoms with E-state index in [2.05, 4.69) is 12.2 Å². The average molecular weight is 341 g/mol. The summed E-state index contributed by atoms with van der Waals surface area (Å²) >= 11 is 2.03. The summed E-state index contributed by atoms with van der Waals surface area (Å²) in [7, 11) is 0. The number of carbonyl (C=O) groups excluding carboxylic acids is 2. The van der Waals surface area contributed by atoms with Crippen molar-refractivity contribution in [2.45, 2.75) is 70.6 Å². The maximum Gasteiger partial charge on any atom is 0.225 e. The molecule has 2 rings (SSSR count). The minimum Gasteiger partial charge on any atom is -0.353 e. The lowest BCUT2D eigenvalue weighted by Crippen LogP contribution is -2.47. The number of rotatable bonds is 5. The van der Waals surface area contributed by atoms with Crippen LogP contribution in [0.4, 0.5) is 0 Å². The summed E-state index contributed by atoms with van der Waals surface area (Å²) in [6, 6.07) is 0.357. The Morgan fingerprint density at radius 1 is 1.17 bits per heavy atom. The van der Waals surface area contributed by atoms with Gasteiger partial charge in [-0.25, -0.2) is 0 Å². The van der Waals surface area contributed by atoms with Crippen molar-refractivity contribution in [2.75, 3.05) is 18.8 Å². The van der Waals surface area contributed by atoms with Crippen molar-refractivity contribution in [2.24, 2.45) is 11.8 Å². The summed E-state index contributed by atoms with van der Waals surface area (Å²) in [5.41, 5.74) is 0. The van der Waals surface area contributed by atoms with Gasteiger partial charge in [0.1, 0.15) is 0 Å². The monoisotopic (exact) mass is 340 g/mol. The van der Waals surface area contributed by atoms with E-state index in [0.717, 1.165) is 44.5 Å². The van der Waals surface area contributed by atoms with Crippen LogP contribution in [0.25, 0.3) is 0 Å². The Kier molecular flexibility index (Phi) is 7.25. The Balaban J connectivity index is 1.75. The van der Waals surface area contributed by atoms with E-state index in [4.69, 9.17) is 0 Å². The molecular formula is C18H32N2O2S. The SMILES string of the molecule is CCS[C@H]1CCC[C@H](NC(=O)C2CCN(C(=O)C(C)C)CC2)C1. The van der Waals surface area contributed by atoms with E-state index in [9.17, 15) is 9.59 Å². The molecule has 4 nitrogen and oxygen atoms in total. The summed E-state index contributed by atoms with van der Waals surface area (Å²) in [6.07, 6.45) is 6.38. The zero-order valence-electron chi connectivity index (χ0n) is 14.8. The van der Waals surface area contributed by atoms with Gasteiger partial charge in [-0.05, 0) is 37.9 Å². The first-order valence-electron chi connectivity index (χ1n) is 9.22. The first-order valence-corrected chi connectivity index (χ1v) is 10.3. The maximum atomic E-state index is 12.5. The van der Waals surface area contributed by atoms with Crippen molar-refractivity contribution in [3.63, 3.8) is 0 Å². The van der Waals surface area contributed by atoms with Gasteiger partial charge < -0.3 is 10.2 Å². The van der Waals surface area contributed by atoms with Gasteiger partial charge in [0.2, 0.25) is 11.8 Å². The number of piperidine rings is 1. The lowest BCUT2D eigenvalue weighted by Gasteiger charge is -2.34. The van der Waals surface area contributed by atoms with Crippen LogP contribution in [0.5, 0.6) is 0 Å². The Hall–Kier alpha value is -0.710. The van der Waals surface area contributed by atoms with Crippen LogP contribution in [-0.4, -0.2) is 46.8 Å². The number of likely N-dealkylation sites (tertiary alicyclic amines) is 1. The third-order valence-corrected chi connectivity index (χ3v) is 6.28. The van der Waals surface area contributed by atoms with Gasteiger partial charge in [-0.1, -0.05) is 27.2 Å². The third-order valence-electron chi connectivity index (χ3n) is 5.05. The number of hydrogen-bond donors (Lipinski definition) is 1. The fraction of sp³-hybridized carbons (Fsp3) is 0.889. The van der Waals surface area contributed by atoms with E-state index in [1.807, 2.05) is 30.5 Å². The summed E-state index contributed by atoms with van der Waals surface area (Å²) in [5, 5.41) is 4.00. The number of hydrogen-bond acceptors (Lipinski definition) is 3. The van der Waals surface area contributed by atoms with E-state index in [1.54, 1.807) is 0 Å². The van der Waals surface area contributed by atoms with Crippen LogP contribution < -0.4 is 5.32 Å². The van der Waals surface area contributed by atoms with Crippen molar-refractivity contribution in [1.82, 2.24) is 10.2 Å². The average Bonchev–Trinajstić information content (AvgIpc) is 2.55. The molecule has 1 aliphatic heterocycles. The molecular weight excluding hydrogens is 308 g/mol. The van der Waals surface area contributed by atoms with Crippen LogP contribution in [0.3, 0.4) is 0 Å². The Morgan fingerprint density at radius 2 is 1.87 bits per heavy atom. The summed E-state index contributed by atoms with van der Waals surface area (Å²) in [4.78, 5) is 26.5. The standard InChI is InChI=1S/C18H32N2O2S/c1-4-23-16-7-5-6-15(12-16)19-17(21)14-8-10-20(11-9-14)18(22)13(2)3/h13-16H,4-12H2,1-3H3,(H,19,21)/t15-,16-/m0/s1. The first kappa shape index (κ1) is 18.6. The molecule has 132 valence electrons. The number of thioether (sulfide) groups is 1. The largest absolute Gasteiger partial charge is 0.353 e. The molecule has 1 heterocycles. The molecule has 2 fully saturated rings. The minimum atomic E-state index is 0.0515. The normalized spacial score (nSPS) is 26.3. The number of nitrogens with zero attached hydrogens (tertiary/aromatic N) is 1. The molecule has 2 amide bonds. The number of amides is 2. The van der Waals surface area contributed by atoms with Gasteiger partial charge in [0.25, 0.3) is 0 Å². The van der Waals surface area contributed by atoms with Crippen molar-refractivity contribution >= 4 is 23.6 Å². The molecule has 0 aromatic heterocycles. The molecule has 2 aliphatic rings. The van der Waals surface area contributed by atoms with Crippen molar-refractivity contribution in [3.05, 3.63) is 0 Å². The lowest BCUT2D eigenvalue weighted by atomic mass is 9.92. The van der Waals surface area contributed by atoms with Crippen LogP contribution in [0.2, 0.25) is 0 Å². The molecule has 1 aliphatic carbocycles. The second-order valence-electron chi connectivity index (χ2n) is 7.20. The van der Waals surface area contributed by atoms with E-state index >= 15 is 0 Å². The molecule has 0 aromatic rings. The van der Waals surface area contributed by atoms with Gasteiger partial charge in [-0.15, -0.1) is 0 Å². The van der Waals surface area contributed by atoms with Crippen molar-refractivity contribution in [3.8, 4) is 0 Å². The van der Waals surface area contributed by atoms with Gasteiger partial charge in [-0.2, -0.15) is 11.8 Å². The molecule has 0 aromatic carbocycles. The van der Waals surface area contributed by atoms with Crippen LogP contribution >= 0.6 is 11.8 Å². The fourth-order valence-corrected chi connectivity index (χ4v) is 4.88. The Morgan fingerprint density at radius 3 is 2.48 bits per heavy atom. The zero-order valence-corrected chi connectivity index (χ0v) is 15.7. The molecule has 1 N–H and O–H groups in total. The highest BCUT2D eigenvalue weighted by molar-refractivity contribution is 7.99. The van der Waals surface area contributed by atoms with E-state index < -0.39 is 0 Å². The maximum absolute atomic E-state index is 12.5. The molecule has 23 heavy (non-hydrogen) atoms. The molecule has 0 bridgehead atoms. The topological polar surface area (TPSA) is 49.4 Å².